The van der Waals surface area contributed by atoms with E-state index in [1.807, 2.05) is 0 Å². The number of aliphatic hydroxyl groups excluding tert-OH is 1. The van der Waals surface area contributed by atoms with Gasteiger partial charge in [-0.15, -0.1) is 0 Å². The van der Waals surface area contributed by atoms with Crippen molar-refractivity contribution in [3.8, 4) is 0 Å². The van der Waals surface area contributed by atoms with Crippen LogP contribution in [0.1, 0.15) is 13.3 Å². The smallest absolute Gasteiger partial charge is 0.326 e. The number of carboxylic acids is 1. The molecule has 4 N–H and O–H groups in total. The predicted octanol–water partition coefficient (Wildman–Crippen LogP) is -1.63. The molecule has 21 heavy (non-hydrogen) atoms. The van der Waals surface area contributed by atoms with Crippen molar-refractivity contribution < 1.29 is 29.3 Å². The summed E-state index contributed by atoms with van der Waals surface area (Å²) < 4.78 is 5.13. The zero-order valence-corrected chi connectivity index (χ0v) is 11.9. The van der Waals surface area contributed by atoms with Crippen molar-refractivity contribution in [2.24, 2.45) is 0 Å². The van der Waals surface area contributed by atoms with E-state index < -0.39 is 24.1 Å². The highest BCUT2D eigenvalue weighted by Gasteiger charge is 2.25. The number of ether oxygens (including phenoxy) is 1. The fraction of sp³-hybridized carbons (Fsp3) is 0.750. The average Bonchev–Trinajstić information content (AvgIpc) is 2.46. The van der Waals surface area contributed by atoms with Gasteiger partial charge in [0.1, 0.15) is 12.1 Å². The number of rotatable bonds is 6. The van der Waals surface area contributed by atoms with Crippen LogP contribution in [0.15, 0.2) is 0 Å². The van der Waals surface area contributed by atoms with E-state index in [9.17, 15) is 14.4 Å². The fourth-order valence-corrected chi connectivity index (χ4v) is 1.90. The van der Waals surface area contributed by atoms with Gasteiger partial charge in [0, 0.05) is 26.1 Å². The number of carbonyl (C=O) groups excluding carboxylic acids is 2. The molecule has 1 unspecified atom stereocenters. The number of aliphatic hydroxyl groups is 1. The van der Waals surface area contributed by atoms with Crippen LogP contribution in [0.25, 0.3) is 0 Å². The second-order valence-corrected chi connectivity index (χ2v) is 4.68. The van der Waals surface area contributed by atoms with Crippen molar-refractivity contribution in [1.29, 1.82) is 0 Å². The summed E-state index contributed by atoms with van der Waals surface area (Å²) in [6.45, 7) is 3.02. The molecule has 1 fully saturated rings. The minimum absolute atomic E-state index is 0.103. The lowest BCUT2D eigenvalue weighted by molar-refractivity contribution is -0.139. The van der Waals surface area contributed by atoms with Crippen LogP contribution < -0.4 is 10.6 Å². The number of carboxylic acid groups (broad SMARTS) is 1. The molecular weight excluding hydrogens is 282 g/mol. The van der Waals surface area contributed by atoms with E-state index in [1.165, 1.54) is 6.92 Å². The molecule has 1 aliphatic rings. The highest BCUT2D eigenvalue weighted by atomic mass is 16.5. The molecule has 0 saturated carbocycles. The molecule has 9 nitrogen and oxygen atoms in total. The highest BCUT2D eigenvalue weighted by molar-refractivity contribution is 5.88. The maximum atomic E-state index is 12.1. The third kappa shape index (κ3) is 5.56. The van der Waals surface area contributed by atoms with Crippen molar-refractivity contribution in [2.75, 3.05) is 32.9 Å². The van der Waals surface area contributed by atoms with Gasteiger partial charge in [-0.25, -0.2) is 9.59 Å². The SMILES string of the molecule is CC(NC(=O)N[C@H](CCO)C(=O)O)C(=O)N1CCOCC1. The molecule has 9 heteroatoms. The summed E-state index contributed by atoms with van der Waals surface area (Å²) in [5.74, 6) is -1.49. The van der Waals surface area contributed by atoms with Crippen molar-refractivity contribution in [3.05, 3.63) is 0 Å². The van der Waals surface area contributed by atoms with E-state index in [1.54, 1.807) is 4.90 Å². The van der Waals surface area contributed by atoms with Crippen molar-refractivity contribution in [2.45, 2.75) is 25.4 Å². The largest absolute Gasteiger partial charge is 0.480 e. The van der Waals surface area contributed by atoms with Gasteiger partial charge >= 0.3 is 12.0 Å². The summed E-state index contributed by atoms with van der Waals surface area (Å²) in [4.78, 5) is 36.1. The molecule has 1 saturated heterocycles. The summed E-state index contributed by atoms with van der Waals surface area (Å²) in [5.41, 5.74) is 0. The van der Waals surface area contributed by atoms with Gasteiger partial charge in [-0.05, 0) is 6.92 Å². The number of hydrogen-bond donors (Lipinski definition) is 4. The monoisotopic (exact) mass is 303 g/mol. The van der Waals surface area contributed by atoms with Gasteiger partial charge in [-0.2, -0.15) is 0 Å². The van der Waals surface area contributed by atoms with Crippen LogP contribution in [0.3, 0.4) is 0 Å². The molecule has 3 amide bonds. The second-order valence-electron chi connectivity index (χ2n) is 4.68. The Morgan fingerprint density at radius 1 is 1.24 bits per heavy atom. The Bertz CT molecular complexity index is 383. The maximum Gasteiger partial charge on any atom is 0.326 e. The van der Waals surface area contributed by atoms with Gasteiger partial charge in [0.05, 0.1) is 13.2 Å². The van der Waals surface area contributed by atoms with Crippen molar-refractivity contribution in [1.82, 2.24) is 15.5 Å². The molecule has 0 spiro atoms. The number of hydrogen-bond acceptors (Lipinski definition) is 5. The average molecular weight is 303 g/mol. The van der Waals surface area contributed by atoms with Crippen LogP contribution in [0.2, 0.25) is 0 Å². The van der Waals surface area contributed by atoms with Gasteiger partial charge in [-0.1, -0.05) is 0 Å². The number of amides is 3. The zero-order chi connectivity index (χ0) is 15.8. The number of morpholine rings is 1. The van der Waals surface area contributed by atoms with Crippen LogP contribution in [0.4, 0.5) is 4.79 Å². The summed E-state index contributed by atoms with van der Waals surface area (Å²) in [6, 6.07) is -2.72. The summed E-state index contributed by atoms with van der Waals surface area (Å²) in [6.07, 6.45) is -0.103. The predicted molar refractivity (Wildman–Crippen MR) is 71.7 cm³/mol. The Kier molecular flexibility index (Phi) is 6.89. The van der Waals surface area contributed by atoms with E-state index in [-0.39, 0.29) is 18.9 Å². The van der Waals surface area contributed by atoms with Gasteiger partial charge in [-0.3, -0.25) is 4.79 Å². The lowest BCUT2D eigenvalue weighted by Gasteiger charge is -2.29. The van der Waals surface area contributed by atoms with Crippen LogP contribution >= 0.6 is 0 Å². The topological polar surface area (TPSA) is 128 Å². The van der Waals surface area contributed by atoms with Gasteiger partial charge in [0.25, 0.3) is 0 Å². The first-order valence-corrected chi connectivity index (χ1v) is 6.73. The van der Waals surface area contributed by atoms with Crippen molar-refractivity contribution in [3.63, 3.8) is 0 Å². The highest BCUT2D eigenvalue weighted by Crippen LogP contribution is 2.01. The van der Waals surface area contributed by atoms with E-state index in [0.29, 0.717) is 26.3 Å². The molecular formula is C12H21N3O6. The molecule has 0 aromatic heterocycles. The first-order chi connectivity index (χ1) is 9.95. The maximum absolute atomic E-state index is 12.1. The number of nitrogens with zero attached hydrogens (tertiary/aromatic N) is 1. The van der Waals surface area contributed by atoms with Crippen LogP contribution in [-0.4, -0.2) is 78.0 Å². The van der Waals surface area contributed by atoms with Crippen LogP contribution in [-0.2, 0) is 14.3 Å². The Morgan fingerprint density at radius 3 is 2.38 bits per heavy atom. The number of nitrogens with one attached hydrogen (secondary N) is 2. The van der Waals surface area contributed by atoms with Crippen LogP contribution in [0, 0.1) is 0 Å². The minimum atomic E-state index is -1.24. The first kappa shape index (κ1) is 17.2. The Labute approximate surface area is 122 Å². The number of aliphatic carboxylic acids is 1. The minimum Gasteiger partial charge on any atom is -0.480 e. The molecule has 1 rings (SSSR count). The summed E-state index contributed by atoms with van der Waals surface area (Å²) in [5, 5.41) is 22.2. The lowest BCUT2D eigenvalue weighted by Crippen LogP contribution is -2.54. The second kappa shape index (κ2) is 8.42. The Hall–Kier alpha value is -1.87. The van der Waals surface area contributed by atoms with Gasteiger partial charge in [0.15, 0.2) is 0 Å². The van der Waals surface area contributed by atoms with E-state index in [2.05, 4.69) is 10.6 Å². The molecule has 120 valence electrons. The molecule has 0 radical (unpaired) electrons. The molecule has 0 aliphatic carbocycles. The molecule has 1 heterocycles. The van der Waals surface area contributed by atoms with Gasteiger partial charge < -0.3 is 30.5 Å². The van der Waals surface area contributed by atoms with E-state index in [4.69, 9.17) is 14.9 Å². The molecule has 0 bridgehead atoms. The fourth-order valence-electron chi connectivity index (χ4n) is 1.90. The number of urea groups is 1. The van der Waals surface area contributed by atoms with E-state index in [0.717, 1.165) is 0 Å². The lowest BCUT2D eigenvalue weighted by atomic mass is 10.2. The molecule has 1 aliphatic heterocycles. The Balaban J connectivity index is 2.45. The standard InChI is InChI=1S/C12H21N3O6/c1-8(10(17)15-3-6-21-7-4-15)13-12(20)14-9(2-5-16)11(18)19/h8-9,16H,2-7H2,1H3,(H,18,19)(H2,13,14,20)/t8?,9-/m1/s1. The van der Waals surface area contributed by atoms with Gasteiger partial charge in [0.2, 0.25) is 5.91 Å². The first-order valence-electron chi connectivity index (χ1n) is 6.73. The van der Waals surface area contributed by atoms with E-state index >= 15 is 0 Å². The normalized spacial score (nSPS) is 17.7. The zero-order valence-electron chi connectivity index (χ0n) is 11.9. The molecule has 0 aromatic carbocycles. The van der Waals surface area contributed by atoms with Crippen molar-refractivity contribution >= 4 is 17.9 Å². The van der Waals surface area contributed by atoms with Crippen LogP contribution in [0.5, 0.6) is 0 Å². The molecule has 2 atom stereocenters. The Morgan fingerprint density at radius 2 is 1.86 bits per heavy atom. The third-order valence-corrected chi connectivity index (χ3v) is 3.06. The summed E-state index contributed by atoms with van der Waals surface area (Å²) >= 11 is 0. The number of carbonyl (C=O) groups is 3. The summed E-state index contributed by atoms with van der Waals surface area (Å²) in [7, 11) is 0. The third-order valence-electron chi connectivity index (χ3n) is 3.06. The quantitative estimate of drug-likeness (QED) is 0.466. The molecule has 0 aromatic rings.